The molecule has 38 heavy (non-hydrogen) atoms. The van der Waals surface area contributed by atoms with Gasteiger partial charge < -0.3 is 5.11 Å². The van der Waals surface area contributed by atoms with Gasteiger partial charge in [0.1, 0.15) is 5.82 Å². The smallest absolute Gasteiger partial charge is 0.260 e. The van der Waals surface area contributed by atoms with Gasteiger partial charge in [0.15, 0.2) is 16.6 Å². The zero-order valence-corrected chi connectivity index (χ0v) is 22.5. The van der Waals surface area contributed by atoms with Crippen LogP contribution in [0, 0.1) is 34.4 Å². The molecular formula is C30H32F2N2O3S. The number of aliphatic hydroxyl groups is 1. The van der Waals surface area contributed by atoms with Crippen LogP contribution in [-0.2, 0) is 4.79 Å². The summed E-state index contributed by atoms with van der Waals surface area (Å²) in [6.45, 7) is 6.15. The highest BCUT2D eigenvalue weighted by atomic mass is 32.1. The number of halogens is 2. The van der Waals surface area contributed by atoms with E-state index in [1.54, 1.807) is 18.2 Å². The minimum absolute atomic E-state index is 0.0183. The first kappa shape index (κ1) is 25.6. The first-order chi connectivity index (χ1) is 18.0. The van der Waals surface area contributed by atoms with Crippen molar-refractivity contribution in [3.8, 4) is 0 Å². The Morgan fingerprint density at radius 3 is 2.76 bits per heavy atom. The Morgan fingerprint density at radius 1 is 1.24 bits per heavy atom. The summed E-state index contributed by atoms with van der Waals surface area (Å²) in [5.41, 5.74) is -1.68. The molecule has 0 aliphatic heterocycles. The van der Waals surface area contributed by atoms with Gasteiger partial charge in [-0.3, -0.25) is 14.9 Å². The van der Waals surface area contributed by atoms with Gasteiger partial charge in [0.05, 0.1) is 17.4 Å². The molecule has 0 saturated heterocycles. The van der Waals surface area contributed by atoms with Crippen molar-refractivity contribution in [3.05, 3.63) is 70.5 Å². The van der Waals surface area contributed by atoms with Gasteiger partial charge in [-0.25, -0.2) is 13.8 Å². The predicted molar refractivity (Wildman–Crippen MR) is 142 cm³/mol. The third-order valence-electron chi connectivity index (χ3n) is 10.2. The first-order valence-electron chi connectivity index (χ1n) is 13.3. The average molecular weight is 539 g/mol. The molecule has 1 heterocycles. The van der Waals surface area contributed by atoms with Gasteiger partial charge in [0.2, 0.25) is 0 Å². The highest BCUT2D eigenvalue weighted by Crippen LogP contribution is 2.71. The number of rotatable bonds is 3. The van der Waals surface area contributed by atoms with E-state index in [-0.39, 0.29) is 40.4 Å². The van der Waals surface area contributed by atoms with E-state index < -0.39 is 28.9 Å². The molecule has 1 aromatic carbocycles. The number of carbonyl (C=O) groups excluding carboxylic acids is 2. The fraction of sp³-hybridized carbons (Fsp3) is 0.500. The van der Waals surface area contributed by atoms with Crippen molar-refractivity contribution in [1.29, 1.82) is 0 Å². The molecule has 1 aromatic heterocycles. The fourth-order valence-electron chi connectivity index (χ4n) is 8.50. The number of benzene rings is 1. The van der Waals surface area contributed by atoms with Crippen LogP contribution in [0.5, 0.6) is 0 Å². The Bertz CT molecular complexity index is 1390. The van der Waals surface area contributed by atoms with Gasteiger partial charge in [-0.2, -0.15) is 0 Å². The van der Waals surface area contributed by atoms with E-state index in [1.807, 2.05) is 12.3 Å². The molecule has 8 atom stereocenters. The molecule has 0 bridgehead atoms. The summed E-state index contributed by atoms with van der Waals surface area (Å²) in [7, 11) is 0. The molecule has 1 amide bonds. The van der Waals surface area contributed by atoms with Crippen LogP contribution in [0.3, 0.4) is 0 Å². The van der Waals surface area contributed by atoms with Gasteiger partial charge in [-0.15, -0.1) is 11.3 Å². The minimum Gasteiger partial charge on any atom is -0.390 e. The summed E-state index contributed by atoms with van der Waals surface area (Å²) < 4.78 is 31.4. The number of anilines is 1. The van der Waals surface area contributed by atoms with E-state index >= 15 is 4.39 Å². The van der Waals surface area contributed by atoms with Gasteiger partial charge in [0.25, 0.3) is 5.91 Å². The average Bonchev–Trinajstić information content (AvgIpc) is 3.41. The van der Waals surface area contributed by atoms with Crippen LogP contribution in [0.2, 0.25) is 0 Å². The molecule has 2 aromatic rings. The highest BCUT2D eigenvalue weighted by molar-refractivity contribution is 7.14. The normalized spacial score (nSPS) is 39.7. The number of thiazole rings is 1. The molecule has 6 rings (SSSR count). The number of aromatic nitrogens is 1. The zero-order chi connectivity index (χ0) is 27.0. The van der Waals surface area contributed by atoms with Crippen molar-refractivity contribution in [3.63, 3.8) is 0 Å². The topological polar surface area (TPSA) is 79.3 Å². The van der Waals surface area contributed by atoms with Gasteiger partial charge >= 0.3 is 0 Å². The second kappa shape index (κ2) is 8.65. The number of fused-ring (bicyclic) bond motifs is 5. The number of ketones is 1. The number of aliphatic hydroxyl groups excluding tert-OH is 1. The van der Waals surface area contributed by atoms with E-state index in [9.17, 15) is 19.1 Å². The van der Waals surface area contributed by atoms with E-state index in [0.717, 1.165) is 17.7 Å². The zero-order valence-electron chi connectivity index (χ0n) is 21.7. The highest BCUT2D eigenvalue weighted by Gasteiger charge is 2.71. The third kappa shape index (κ3) is 3.45. The van der Waals surface area contributed by atoms with Crippen LogP contribution >= 0.6 is 11.3 Å². The van der Waals surface area contributed by atoms with Crippen molar-refractivity contribution < 1.29 is 23.5 Å². The van der Waals surface area contributed by atoms with Crippen LogP contribution < -0.4 is 5.32 Å². The molecule has 200 valence electrons. The molecule has 4 aliphatic carbocycles. The van der Waals surface area contributed by atoms with E-state index in [0.29, 0.717) is 24.4 Å². The predicted octanol–water partition coefficient (Wildman–Crippen LogP) is 6.23. The van der Waals surface area contributed by atoms with E-state index in [1.165, 1.54) is 35.6 Å². The second-order valence-electron chi connectivity index (χ2n) is 12.1. The molecule has 5 nitrogen and oxygen atoms in total. The molecule has 8 heteroatoms. The van der Waals surface area contributed by atoms with Crippen LogP contribution in [-0.4, -0.2) is 33.6 Å². The van der Waals surface area contributed by atoms with Crippen LogP contribution in [0.1, 0.15) is 68.4 Å². The van der Waals surface area contributed by atoms with Crippen molar-refractivity contribution in [2.24, 2.45) is 28.6 Å². The number of nitrogens with zero attached hydrogens (tertiary/aromatic N) is 1. The van der Waals surface area contributed by atoms with Gasteiger partial charge in [-0.05, 0) is 74.1 Å². The van der Waals surface area contributed by atoms with Gasteiger partial charge in [0, 0.05) is 22.6 Å². The molecule has 0 spiro atoms. The number of nitrogens with one attached hydrogen (secondary N) is 1. The number of amides is 1. The fourth-order valence-corrected chi connectivity index (χ4v) is 9.25. The Balaban J connectivity index is 1.30. The molecule has 8 unspecified atom stereocenters. The van der Waals surface area contributed by atoms with Crippen molar-refractivity contribution in [2.75, 3.05) is 5.32 Å². The number of alkyl halides is 1. The van der Waals surface area contributed by atoms with Crippen LogP contribution in [0.25, 0.3) is 0 Å². The number of hydrogen-bond donors (Lipinski definition) is 2. The molecule has 2 N–H and O–H groups in total. The lowest BCUT2D eigenvalue weighted by Crippen LogP contribution is -2.66. The van der Waals surface area contributed by atoms with Crippen molar-refractivity contribution >= 4 is 28.2 Å². The SMILES string of the molecule is CC1CC2C3CCC4=CC(=O)C=CC4(C)C3(F)C(O)CC2(C)C1c1csc(NC(=O)c2ccccc2F)n1. The molecule has 4 aliphatic rings. The van der Waals surface area contributed by atoms with E-state index in [4.69, 9.17) is 4.98 Å². The van der Waals surface area contributed by atoms with Crippen LogP contribution in [0.4, 0.5) is 13.9 Å². The standard InChI is InChI=1S/C30H32F2N2O3S/c1-16-12-21-20-9-8-17-13-18(35)10-11-29(17,3)30(20,32)24(36)14-28(21,2)25(16)23-15-38-27(33-23)34-26(37)19-6-4-5-7-22(19)31/h4-7,10-11,13,15-16,20-21,24-25,36H,8-9,12,14H2,1-3H3,(H,33,34,37). The van der Waals surface area contributed by atoms with Crippen molar-refractivity contribution in [2.45, 2.75) is 64.1 Å². The Morgan fingerprint density at radius 2 is 2.00 bits per heavy atom. The largest absolute Gasteiger partial charge is 0.390 e. The second-order valence-corrected chi connectivity index (χ2v) is 12.9. The summed E-state index contributed by atoms with van der Waals surface area (Å²) in [5.74, 6) is -1.39. The maximum Gasteiger partial charge on any atom is 0.260 e. The lowest BCUT2D eigenvalue weighted by molar-refractivity contribution is -0.191. The number of hydrogen-bond acceptors (Lipinski definition) is 5. The number of carbonyl (C=O) groups is 2. The first-order valence-corrected chi connectivity index (χ1v) is 14.2. The summed E-state index contributed by atoms with van der Waals surface area (Å²) >= 11 is 1.29. The molecule has 3 fully saturated rings. The summed E-state index contributed by atoms with van der Waals surface area (Å²) in [5, 5.41) is 16.6. The Hall–Kier alpha value is -2.71. The minimum atomic E-state index is -1.85. The Kier molecular flexibility index (Phi) is 5.82. The molecular weight excluding hydrogens is 506 g/mol. The summed E-state index contributed by atoms with van der Waals surface area (Å²) in [6, 6.07) is 5.81. The molecule has 0 radical (unpaired) electrons. The summed E-state index contributed by atoms with van der Waals surface area (Å²) in [6.07, 6.45) is 5.84. The molecule has 3 saturated carbocycles. The third-order valence-corrected chi connectivity index (χ3v) is 10.9. The monoisotopic (exact) mass is 538 g/mol. The maximum absolute atomic E-state index is 17.3. The van der Waals surface area contributed by atoms with Gasteiger partial charge in [-0.1, -0.05) is 37.6 Å². The number of allylic oxidation sites excluding steroid dienone is 4. The lowest BCUT2D eigenvalue weighted by atomic mass is 9.45. The van der Waals surface area contributed by atoms with Crippen molar-refractivity contribution in [1.82, 2.24) is 4.98 Å². The maximum atomic E-state index is 17.3. The van der Waals surface area contributed by atoms with E-state index in [2.05, 4.69) is 19.2 Å². The Labute approximate surface area is 225 Å². The lowest BCUT2D eigenvalue weighted by Gasteiger charge is -2.62. The van der Waals surface area contributed by atoms with Crippen LogP contribution in [0.15, 0.2) is 53.4 Å². The summed E-state index contributed by atoms with van der Waals surface area (Å²) in [4.78, 5) is 29.4. The quantitative estimate of drug-likeness (QED) is 0.485.